The standard InChI is InChI=1S/C57H56N7O9P/c1-35(2)64(36(3)4)43(31-58)33-71-74(67)73-54-49(34-70-57(40-13-8-7-9-14-40,41-19-23-44(68-5)24-20-41)42-21-25-45(69-6)26-22-42)72-55(62-30-29-50(65)59-56(62)66)53(54)63-32-48(60-61-63)46-27-17-39-16-15-37-11-10-12-38-18-28-47(46)52(39)51(37)38/h7-30,32,35-36,43,49,53-55,74H,33-34H2,1-6H3,(H,59,65,66)/t43?,49-,53?,54?,55-/m0/s1. The molecule has 3 heterocycles. The number of hydrogen-bond donors (Lipinski definition) is 1. The van der Waals surface area contributed by atoms with Crippen LogP contribution >= 0.6 is 8.25 Å². The fourth-order valence-corrected chi connectivity index (χ4v) is 11.6. The van der Waals surface area contributed by atoms with Crippen LogP contribution in [0.1, 0.15) is 56.7 Å². The molecule has 10 rings (SSSR count). The van der Waals surface area contributed by atoms with Gasteiger partial charge in [-0.25, -0.2) is 9.48 Å². The van der Waals surface area contributed by atoms with Crippen LogP contribution in [-0.2, 0) is 28.7 Å². The van der Waals surface area contributed by atoms with Crippen LogP contribution in [0.15, 0.2) is 162 Å². The highest BCUT2D eigenvalue weighted by Crippen LogP contribution is 2.48. The van der Waals surface area contributed by atoms with Gasteiger partial charge < -0.3 is 28.0 Å². The molecule has 17 heteroatoms. The van der Waals surface area contributed by atoms with Gasteiger partial charge in [0.1, 0.15) is 47.1 Å². The summed E-state index contributed by atoms with van der Waals surface area (Å²) in [7, 11) is -0.280. The summed E-state index contributed by atoms with van der Waals surface area (Å²) < 4.78 is 55.4. The van der Waals surface area contributed by atoms with Crippen LogP contribution < -0.4 is 20.7 Å². The van der Waals surface area contributed by atoms with E-state index in [4.69, 9.17) is 38.3 Å². The molecule has 1 aliphatic heterocycles. The number of hydrogen-bond acceptors (Lipinski definition) is 13. The van der Waals surface area contributed by atoms with E-state index in [0.29, 0.717) is 17.2 Å². The second-order valence-corrected chi connectivity index (χ2v) is 19.9. The van der Waals surface area contributed by atoms with Gasteiger partial charge in [-0.3, -0.25) is 23.8 Å². The molecule has 16 nitrogen and oxygen atoms in total. The molecule has 1 aliphatic rings. The molecule has 0 aliphatic carbocycles. The fraction of sp³-hybridized carbons (Fsp3) is 0.281. The summed E-state index contributed by atoms with van der Waals surface area (Å²) >= 11 is 0. The average molecular weight is 1010 g/mol. The molecule has 378 valence electrons. The lowest BCUT2D eigenvalue weighted by atomic mass is 9.80. The van der Waals surface area contributed by atoms with E-state index in [1.165, 1.54) is 16.8 Å². The Labute approximate surface area is 427 Å². The number of rotatable bonds is 19. The predicted octanol–water partition coefficient (Wildman–Crippen LogP) is 9.66. The molecule has 0 saturated carbocycles. The normalized spacial score (nSPS) is 17.9. The molecule has 0 bridgehead atoms. The first kappa shape index (κ1) is 50.1. The van der Waals surface area contributed by atoms with Crippen molar-refractivity contribution in [3.63, 3.8) is 0 Å². The summed E-state index contributed by atoms with van der Waals surface area (Å²) in [6.45, 7) is 7.48. The number of aromatic amines is 1. The number of nitrogens with one attached hydrogen (secondary N) is 1. The van der Waals surface area contributed by atoms with Gasteiger partial charge in [0.2, 0.25) is 0 Å². The second kappa shape index (κ2) is 21.2. The summed E-state index contributed by atoms with van der Waals surface area (Å²) in [6, 6.07) is 45.2. The van der Waals surface area contributed by atoms with E-state index in [2.05, 4.69) is 53.5 Å². The van der Waals surface area contributed by atoms with Gasteiger partial charge in [-0.1, -0.05) is 114 Å². The molecule has 6 atom stereocenters. The summed E-state index contributed by atoms with van der Waals surface area (Å²) in [5.74, 6) is 1.27. The fourth-order valence-electron chi connectivity index (χ4n) is 10.7. The van der Waals surface area contributed by atoms with E-state index >= 15 is 0 Å². The zero-order valence-electron chi connectivity index (χ0n) is 41.7. The first-order valence-electron chi connectivity index (χ1n) is 24.5. The Morgan fingerprint density at radius 1 is 0.770 bits per heavy atom. The van der Waals surface area contributed by atoms with E-state index in [1.54, 1.807) is 25.1 Å². The average Bonchev–Trinajstić information content (AvgIpc) is 4.05. The molecule has 1 fully saturated rings. The number of nitrogens with zero attached hydrogens (tertiary/aromatic N) is 6. The smallest absolute Gasteiger partial charge is 0.330 e. The minimum Gasteiger partial charge on any atom is -0.497 e. The van der Waals surface area contributed by atoms with Gasteiger partial charge in [0, 0.05) is 29.9 Å². The van der Waals surface area contributed by atoms with E-state index in [9.17, 15) is 19.4 Å². The molecule has 0 amide bonds. The van der Waals surface area contributed by atoms with Crippen molar-refractivity contribution in [2.24, 2.45) is 0 Å². The molecule has 7 aromatic carbocycles. The SMILES string of the molecule is COc1ccc(C(OC[C@@H]2O[C@H](n3ccc(=O)[nH]c3=O)C(n3cc(-c4ccc5ccc6cccc7ccc4c5c67)nn3)C2O[PH](=O)OCC(C#N)N(C(C)C)C(C)C)(c2ccccc2)c2ccc(OC)cc2)cc1. The van der Waals surface area contributed by atoms with Crippen LogP contribution in [0, 0.1) is 11.3 Å². The van der Waals surface area contributed by atoms with Crippen molar-refractivity contribution in [1.29, 1.82) is 5.26 Å². The molecule has 2 aromatic heterocycles. The lowest BCUT2D eigenvalue weighted by Gasteiger charge is -2.37. The van der Waals surface area contributed by atoms with Gasteiger partial charge in [-0.05, 0) is 101 Å². The van der Waals surface area contributed by atoms with Crippen molar-refractivity contribution in [3.05, 3.63) is 189 Å². The Balaban J connectivity index is 1.10. The molecular weight excluding hydrogens is 958 g/mol. The minimum atomic E-state index is -3.48. The van der Waals surface area contributed by atoms with Gasteiger partial charge in [-0.15, -0.1) is 5.10 Å². The quantitative estimate of drug-likeness (QED) is 0.0459. The third-order valence-electron chi connectivity index (χ3n) is 14.0. The van der Waals surface area contributed by atoms with Gasteiger partial charge in [0.25, 0.3) is 5.56 Å². The first-order chi connectivity index (χ1) is 35.9. The van der Waals surface area contributed by atoms with Crippen molar-refractivity contribution in [2.75, 3.05) is 27.4 Å². The molecule has 9 aromatic rings. The Morgan fingerprint density at radius 3 is 1.99 bits per heavy atom. The maximum atomic E-state index is 14.5. The Kier molecular flexibility index (Phi) is 14.3. The molecular formula is C57H56N7O9P. The molecule has 1 N–H and O–H groups in total. The predicted molar refractivity (Wildman–Crippen MR) is 283 cm³/mol. The molecule has 4 unspecified atom stereocenters. The summed E-state index contributed by atoms with van der Waals surface area (Å²) in [5.41, 5.74) is 0.861. The maximum Gasteiger partial charge on any atom is 0.330 e. The topological polar surface area (TPSA) is 185 Å². The number of benzene rings is 7. The van der Waals surface area contributed by atoms with Crippen LogP contribution in [0.4, 0.5) is 0 Å². The van der Waals surface area contributed by atoms with Crippen molar-refractivity contribution >= 4 is 40.6 Å². The molecule has 74 heavy (non-hydrogen) atoms. The highest BCUT2D eigenvalue weighted by Gasteiger charge is 2.51. The number of aromatic nitrogens is 5. The van der Waals surface area contributed by atoms with Crippen LogP contribution in [0.3, 0.4) is 0 Å². The lowest BCUT2D eigenvalue weighted by Crippen LogP contribution is -2.46. The second-order valence-electron chi connectivity index (χ2n) is 18.9. The highest BCUT2D eigenvalue weighted by molar-refractivity contribution is 7.33. The maximum absolute atomic E-state index is 14.5. The number of nitriles is 1. The number of methoxy groups -OCH3 is 2. The largest absolute Gasteiger partial charge is 0.497 e. The third-order valence-corrected chi connectivity index (χ3v) is 14.9. The summed E-state index contributed by atoms with van der Waals surface area (Å²) in [6.07, 6.45) is -0.504. The van der Waals surface area contributed by atoms with Gasteiger partial charge in [0.15, 0.2) is 6.23 Å². The van der Waals surface area contributed by atoms with Crippen LogP contribution in [-0.4, -0.2) is 87.2 Å². The van der Waals surface area contributed by atoms with E-state index < -0.39 is 55.6 Å². The first-order valence-corrected chi connectivity index (χ1v) is 25.7. The van der Waals surface area contributed by atoms with Gasteiger partial charge >= 0.3 is 13.9 Å². The van der Waals surface area contributed by atoms with Gasteiger partial charge in [-0.2, -0.15) is 5.26 Å². The van der Waals surface area contributed by atoms with Crippen molar-refractivity contribution < 1.29 is 32.6 Å². The third kappa shape index (κ3) is 9.39. The van der Waals surface area contributed by atoms with Gasteiger partial charge in [0.05, 0.1) is 39.7 Å². The van der Waals surface area contributed by atoms with Crippen molar-refractivity contribution in [3.8, 4) is 28.8 Å². The molecule has 0 radical (unpaired) electrons. The van der Waals surface area contributed by atoms with Crippen molar-refractivity contribution in [2.45, 2.75) is 75.9 Å². The Bertz CT molecular complexity index is 3520. The Hall–Kier alpha value is -7.48. The van der Waals surface area contributed by atoms with Crippen LogP contribution in [0.25, 0.3) is 43.6 Å². The highest BCUT2D eigenvalue weighted by atomic mass is 31.1. The molecule has 0 spiro atoms. The lowest BCUT2D eigenvalue weighted by molar-refractivity contribution is -0.0927. The summed E-state index contributed by atoms with van der Waals surface area (Å²) in [5, 5.41) is 26.3. The monoisotopic (exact) mass is 1010 g/mol. The van der Waals surface area contributed by atoms with Crippen LogP contribution in [0.5, 0.6) is 11.5 Å². The summed E-state index contributed by atoms with van der Waals surface area (Å²) in [4.78, 5) is 30.8. The van der Waals surface area contributed by atoms with Crippen molar-refractivity contribution in [1.82, 2.24) is 29.4 Å². The minimum absolute atomic E-state index is 0.0202. The molecule has 1 saturated heterocycles. The van der Waals surface area contributed by atoms with E-state index in [1.807, 2.05) is 124 Å². The van der Waals surface area contributed by atoms with E-state index in [0.717, 1.165) is 54.6 Å². The number of H-pyrrole nitrogens is 1. The van der Waals surface area contributed by atoms with E-state index in [-0.39, 0.29) is 25.3 Å². The number of ether oxygens (including phenoxy) is 4. The Morgan fingerprint density at radius 2 is 1.38 bits per heavy atom. The zero-order chi connectivity index (χ0) is 51.7. The zero-order valence-corrected chi connectivity index (χ0v) is 42.7. The van der Waals surface area contributed by atoms with Crippen LogP contribution in [0.2, 0.25) is 0 Å².